The molecular formula is C12H16F2N2O2S. The lowest BCUT2D eigenvalue weighted by Crippen LogP contribution is -2.55. The van der Waals surface area contributed by atoms with E-state index in [1.54, 1.807) is 0 Å². The van der Waals surface area contributed by atoms with E-state index in [0.29, 0.717) is 13.1 Å². The van der Waals surface area contributed by atoms with Gasteiger partial charge in [-0.05, 0) is 32.0 Å². The zero-order valence-electron chi connectivity index (χ0n) is 10.7. The first-order chi connectivity index (χ1) is 8.80. The first-order valence-corrected chi connectivity index (χ1v) is 7.46. The SMILES string of the molecule is CC1CN(S(=O)(=O)c2ccc(F)c(F)c2)CC(C)N1. The van der Waals surface area contributed by atoms with E-state index in [0.717, 1.165) is 18.2 Å². The van der Waals surface area contributed by atoms with Gasteiger partial charge in [0.15, 0.2) is 11.6 Å². The molecule has 0 bridgehead atoms. The Morgan fingerprint density at radius 3 is 2.26 bits per heavy atom. The minimum Gasteiger partial charge on any atom is -0.309 e. The number of sulfonamides is 1. The highest BCUT2D eigenvalue weighted by Gasteiger charge is 2.31. The molecular weight excluding hydrogens is 274 g/mol. The summed E-state index contributed by atoms with van der Waals surface area (Å²) in [5.74, 6) is -2.21. The third-order valence-corrected chi connectivity index (χ3v) is 4.88. The molecule has 1 N–H and O–H groups in total. The van der Waals surface area contributed by atoms with E-state index in [1.807, 2.05) is 13.8 Å². The number of benzene rings is 1. The number of nitrogens with one attached hydrogen (secondary N) is 1. The molecule has 106 valence electrons. The first-order valence-electron chi connectivity index (χ1n) is 6.02. The summed E-state index contributed by atoms with van der Waals surface area (Å²) < 4.78 is 52.0. The van der Waals surface area contributed by atoms with Crippen molar-refractivity contribution in [1.29, 1.82) is 0 Å². The Hall–Kier alpha value is -1.05. The fraction of sp³-hybridized carbons (Fsp3) is 0.500. The molecule has 0 saturated carbocycles. The largest absolute Gasteiger partial charge is 0.309 e. The predicted octanol–water partition coefficient (Wildman–Crippen LogP) is 1.34. The Morgan fingerprint density at radius 2 is 1.74 bits per heavy atom. The molecule has 1 fully saturated rings. The molecule has 1 aromatic rings. The second-order valence-corrected chi connectivity index (χ2v) is 6.80. The Morgan fingerprint density at radius 1 is 1.16 bits per heavy atom. The minimum absolute atomic E-state index is 0.0174. The van der Waals surface area contributed by atoms with Gasteiger partial charge in [0, 0.05) is 25.2 Å². The van der Waals surface area contributed by atoms with E-state index in [4.69, 9.17) is 0 Å². The van der Waals surface area contributed by atoms with E-state index < -0.39 is 21.7 Å². The highest BCUT2D eigenvalue weighted by atomic mass is 32.2. The highest BCUT2D eigenvalue weighted by Crippen LogP contribution is 2.20. The smallest absolute Gasteiger partial charge is 0.243 e. The monoisotopic (exact) mass is 290 g/mol. The maximum absolute atomic E-state index is 13.2. The van der Waals surface area contributed by atoms with Gasteiger partial charge in [-0.3, -0.25) is 0 Å². The number of hydrogen-bond donors (Lipinski definition) is 1. The fourth-order valence-electron chi connectivity index (χ4n) is 2.26. The van der Waals surface area contributed by atoms with Crippen molar-refractivity contribution in [3.63, 3.8) is 0 Å². The van der Waals surface area contributed by atoms with Crippen molar-refractivity contribution < 1.29 is 17.2 Å². The van der Waals surface area contributed by atoms with Crippen molar-refractivity contribution in [2.45, 2.75) is 30.8 Å². The molecule has 2 unspecified atom stereocenters. The number of hydrogen-bond acceptors (Lipinski definition) is 3. The summed E-state index contributed by atoms with van der Waals surface area (Å²) in [6.45, 7) is 4.38. The number of halogens is 2. The molecule has 1 heterocycles. The van der Waals surface area contributed by atoms with Crippen LogP contribution in [0.3, 0.4) is 0 Å². The van der Waals surface area contributed by atoms with Crippen LogP contribution in [0.4, 0.5) is 8.78 Å². The van der Waals surface area contributed by atoms with Gasteiger partial charge in [-0.15, -0.1) is 0 Å². The second-order valence-electron chi connectivity index (χ2n) is 4.87. The topological polar surface area (TPSA) is 49.4 Å². The highest BCUT2D eigenvalue weighted by molar-refractivity contribution is 7.89. The van der Waals surface area contributed by atoms with Crippen LogP contribution in [0.5, 0.6) is 0 Å². The molecule has 0 radical (unpaired) electrons. The Balaban J connectivity index is 2.33. The van der Waals surface area contributed by atoms with Crippen LogP contribution in [0.25, 0.3) is 0 Å². The average Bonchev–Trinajstić information content (AvgIpc) is 2.31. The molecule has 1 aliphatic rings. The summed E-state index contributed by atoms with van der Waals surface area (Å²) in [5, 5.41) is 3.21. The van der Waals surface area contributed by atoms with Gasteiger partial charge in [0.25, 0.3) is 0 Å². The average molecular weight is 290 g/mol. The normalized spacial score (nSPS) is 25.5. The fourth-order valence-corrected chi connectivity index (χ4v) is 3.89. The third kappa shape index (κ3) is 2.93. The second kappa shape index (κ2) is 5.15. The van der Waals surface area contributed by atoms with Crippen LogP contribution < -0.4 is 5.32 Å². The molecule has 0 aromatic heterocycles. The van der Waals surface area contributed by atoms with Gasteiger partial charge in [0.2, 0.25) is 10.0 Å². The Kier molecular flexibility index (Phi) is 3.89. The summed E-state index contributed by atoms with van der Waals surface area (Å²) in [7, 11) is -3.78. The third-order valence-electron chi connectivity index (χ3n) is 3.05. The molecule has 1 saturated heterocycles. The van der Waals surface area contributed by atoms with E-state index in [9.17, 15) is 17.2 Å². The lowest BCUT2D eigenvalue weighted by atomic mass is 10.2. The lowest BCUT2D eigenvalue weighted by molar-refractivity contribution is 0.263. The summed E-state index contributed by atoms with van der Waals surface area (Å²) >= 11 is 0. The van der Waals surface area contributed by atoms with Crippen LogP contribution in [0.15, 0.2) is 23.1 Å². The molecule has 1 aliphatic heterocycles. The van der Waals surface area contributed by atoms with E-state index >= 15 is 0 Å². The molecule has 0 amide bonds. The maximum atomic E-state index is 13.2. The van der Waals surface area contributed by atoms with Crippen molar-refractivity contribution in [1.82, 2.24) is 9.62 Å². The van der Waals surface area contributed by atoms with Gasteiger partial charge in [-0.25, -0.2) is 17.2 Å². The van der Waals surface area contributed by atoms with Crippen LogP contribution in [-0.4, -0.2) is 37.9 Å². The van der Waals surface area contributed by atoms with Crippen LogP contribution in [-0.2, 0) is 10.0 Å². The van der Waals surface area contributed by atoms with Crippen molar-refractivity contribution in [3.8, 4) is 0 Å². The zero-order chi connectivity index (χ0) is 14.2. The Labute approximate surface area is 111 Å². The predicted molar refractivity (Wildman–Crippen MR) is 67.2 cm³/mol. The summed E-state index contributed by atoms with van der Waals surface area (Å²) in [4.78, 5) is -0.215. The van der Waals surface area contributed by atoms with Crippen LogP contribution >= 0.6 is 0 Å². The molecule has 19 heavy (non-hydrogen) atoms. The van der Waals surface area contributed by atoms with E-state index in [-0.39, 0.29) is 17.0 Å². The summed E-state index contributed by atoms with van der Waals surface area (Å²) in [6, 6.07) is 2.68. The number of rotatable bonds is 2. The molecule has 2 atom stereocenters. The number of nitrogens with zero attached hydrogens (tertiary/aromatic N) is 1. The first kappa shape index (κ1) is 14.4. The van der Waals surface area contributed by atoms with Gasteiger partial charge < -0.3 is 5.32 Å². The van der Waals surface area contributed by atoms with E-state index in [2.05, 4.69) is 5.32 Å². The van der Waals surface area contributed by atoms with Gasteiger partial charge >= 0.3 is 0 Å². The van der Waals surface area contributed by atoms with Crippen molar-refractivity contribution in [3.05, 3.63) is 29.8 Å². The quantitative estimate of drug-likeness (QED) is 0.894. The van der Waals surface area contributed by atoms with Gasteiger partial charge in [0.1, 0.15) is 0 Å². The zero-order valence-corrected chi connectivity index (χ0v) is 11.5. The van der Waals surface area contributed by atoms with Crippen molar-refractivity contribution >= 4 is 10.0 Å². The minimum atomic E-state index is -3.78. The molecule has 2 rings (SSSR count). The van der Waals surface area contributed by atoms with Gasteiger partial charge in [0.05, 0.1) is 4.90 Å². The standard InChI is InChI=1S/C12H16F2N2O2S/c1-8-6-16(7-9(2)15-8)19(17,18)10-3-4-11(13)12(14)5-10/h3-5,8-9,15H,6-7H2,1-2H3. The number of piperazine rings is 1. The van der Waals surface area contributed by atoms with Crippen LogP contribution in [0.2, 0.25) is 0 Å². The molecule has 0 aliphatic carbocycles. The van der Waals surface area contributed by atoms with Crippen molar-refractivity contribution in [2.75, 3.05) is 13.1 Å². The Bertz CT molecular complexity index is 567. The molecule has 0 spiro atoms. The summed E-state index contributed by atoms with van der Waals surface area (Å²) in [6.07, 6.45) is 0. The van der Waals surface area contributed by atoms with Crippen LogP contribution in [0.1, 0.15) is 13.8 Å². The molecule has 4 nitrogen and oxygen atoms in total. The van der Waals surface area contributed by atoms with Gasteiger partial charge in [-0.1, -0.05) is 0 Å². The summed E-state index contributed by atoms with van der Waals surface area (Å²) in [5.41, 5.74) is 0. The van der Waals surface area contributed by atoms with Crippen molar-refractivity contribution in [2.24, 2.45) is 0 Å². The molecule has 1 aromatic carbocycles. The maximum Gasteiger partial charge on any atom is 0.243 e. The lowest BCUT2D eigenvalue weighted by Gasteiger charge is -2.35. The molecule has 7 heteroatoms. The van der Waals surface area contributed by atoms with Gasteiger partial charge in [-0.2, -0.15) is 4.31 Å². The van der Waals surface area contributed by atoms with Crippen LogP contribution in [0, 0.1) is 11.6 Å². The van der Waals surface area contributed by atoms with E-state index in [1.165, 1.54) is 4.31 Å².